The van der Waals surface area contributed by atoms with Crippen molar-refractivity contribution in [2.75, 3.05) is 12.8 Å². The third-order valence-electron chi connectivity index (χ3n) is 4.34. The molecular weight excluding hydrogens is 391 g/mol. The number of primary amides is 1. The van der Waals surface area contributed by atoms with Gasteiger partial charge in [-0.25, -0.2) is 4.79 Å². The highest BCUT2D eigenvalue weighted by atomic mass is 19.4. The van der Waals surface area contributed by atoms with E-state index in [0.29, 0.717) is 0 Å². The van der Waals surface area contributed by atoms with Crippen LogP contribution in [0.15, 0.2) is 47.3 Å². The fourth-order valence-corrected chi connectivity index (χ4v) is 2.92. The lowest BCUT2D eigenvalue weighted by Gasteiger charge is -2.17. The Morgan fingerprint density at radius 3 is 2.21 bits per heavy atom. The van der Waals surface area contributed by atoms with Gasteiger partial charge in [-0.05, 0) is 36.4 Å². The molecule has 3 rings (SSSR count). The average molecular weight is 405 g/mol. The Hall–Kier alpha value is -3.82. The highest BCUT2D eigenvalue weighted by Gasteiger charge is 2.32. The maximum absolute atomic E-state index is 13.2. The third kappa shape index (κ3) is 3.40. The minimum absolute atomic E-state index is 0.0528. The number of anilines is 1. The van der Waals surface area contributed by atoms with Crippen LogP contribution in [0.25, 0.3) is 16.6 Å². The van der Waals surface area contributed by atoms with Crippen LogP contribution in [-0.4, -0.2) is 23.6 Å². The second-order valence-corrected chi connectivity index (χ2v) is 6.06. The molecule has 0 aliphatic rings. The summed E-state index contributed by atoms with van der Waals surface area (Å²) in [6.07, 6.45) is -4.67. The summed E-state index contributed by atoms with van der Waals surface area (Å²) in [7, 11) is 1.05. The first-order valence-electron chi connectivity index (χ1n) is 8.10. The van der Waals surface area contributed by atoms with Crippen molar-refractivity contribution >= 4 is 28.5 Å². The third-order valence-corrected chi connectivity index (χ3v) is 4.34. The zero-order valence-corrected chi connectivity index (χ0v) is 14.9. The zero-order chi connectivity index (χ0) is 21.5. The summed E-state index contributed by atoms with van der Waals surface area (Å²) in [5.41, 5.74) is 8.38. The second-order valence-electron chi connectivity index (χ2n) is 6.06. The molecule has 0 aliphatic carbocycles. The van der Waals surface area contributed by atoms with Crippen molar-refractivity contribution in [2.45, 2.75) is 6.18 Å². The number of hydrogen-bond donors (Lipinski definition) is 2. The summed E-state index contributed by atoms with van der Waals surface area (Å²) < 4.78 is 45.1. The summed E-state index contributed by atoms with van der Waals surface area (Å²) in [6.45, 7) is 0. The molecule has 29 heavy (non-hydrogen) atoms. The molecule has 0 unspecified atom stereocenters. The van der Waals surface area contributed by atoms with Crippen LogP contribution in [0.1, 0.15) is 26.3 Å². The summed E-state index contributed by atoms with van der Waals surface area (Å²) >= 11 is 0. The lowest BCUT2D eigenvalue weighted by atomic mass is 10.0. The normalized spacial score (nSPS) is 11.4. The highest BCUT2D eigenvalue weighted by Crippen LogP contribution is 2.33. The van der Waals surface area contributed by atoms with E-state index in [0.717, 1.165) is 29.9 Å². The van der Waals surface area contributed by atoms with Crippen LogP contribution < -0.4 is 17.0 Å². The average Bonchev–Trinajstić information content (AvgIpc) is 2.67. The van der Waals surface area contributed by atoms with Gasteiger partial charge in [-0.2, -0.15) is 13.2 Å². The molecule has 7 nitrogen and oxygen atoms in total. The predicted octanol–water partition coefficient (Wildman–Crippen LogP) is 2.48. The van der Waals surface area contributed by atoms with E-state index in [4.69, 9.17) is 11.5 Å². The molecule has 10 heteroatoms. The number of pyridine rings is 1. The molecule has 0 radical (unpaired) electrons. The van der Waals surface area contributed by atoms with Crippen LogP contribution in [-0.2, 0) is 10.9 Å². The van der Waals surface area contributed by atoms with Crippen molar-refractivity contribution in [1.29, 1.82) is 0 Å². The number of fused-ring (bicyclic) bond motifs is 1. The Bertz CT molecular complexity index is 1200. The largest absolute Gasteiger partial charge is 0.465 e. The molecule has 0 spiro atoms. The smallest absolute Gasteiger partial charge is 0.416 e. The van der Waals surface area contributed by atoms with Gasteiger partial charge in [0.1, 0.15) is 5.56 Å². The Morgan fingerprint density at radius 1 is 1.07 bits per heavy atom. The van der Waals surface area contributed by atoms with Gasteiger partial charge in [-0.3, -0.25) is 14.2 Å². The van der Waals surface area contributed by atoms with Crippen molar-refractivity contribution in [3.05, 3.63) is 69.5 Å². The van der Waals surface area contributed by atoms with Crippen LogP contribution in [0.2, 0.25) is 0 Å². The van der Waals surface area contributed by atoms with Gasteiger partial charge in [0.15, 0.2) is 0 Å². The summed E-state index contributed by atoms with van der Waals surface area (Å²) in [5, 5.41) is 0.0528. The molecule has 1 amide bonds. The lowest BCUT2D eigenvalue weighted by Crippen LogP contribution is -2.28. The number of rotatable bonds is 3. The van der Waals surface area contributed by atoms with Crippen molar-refractivity contribution < 1.29 is 27.5 Å². The first kappa shape index (κ1) is 19.9. The minimum atomic E-state index is -4.67. The number of benzene rings is 2. The van der Waals surface area contributed by atoms with Crippen LogP contribution >= 0.6 is 0 Å². The molecule has 0 saturated heterocycles. The summed E-state index contributed by atoms with van der Waals surface area (Å²) in [4.78, 5) is 36.3. The first-order valence-corrected chi connectivity index (χ1v) is 8.10. The number of nitrogens with zero attached hydrogens (tertiary/aromatic N) is 1. The fraction of sp³-hybridized carbons (Fsp3) is 0.105. The van der Waals surface area contributed by atoms with Crippen molar-refractivity contribution in [3.8, 4) is 5.69 Å². The quantitative estimate of drug-likeness (QED) is 0.649. The van der Waals surface area contributed by atoms with Gasteiger partial charge in [-0.15, -0.1) is 0 Å². The van der Waals surface area contributed by atoms with E-state index in [9.17, 15) is 27.6 Å². The lowest BCUT2D eigenvalue weighted by molar-refractivity contribution is -0.137. The number of alkyl halides is 3. The van der Waals surface area contributed by atoms with E-state index in [1.807, 2.05) is 0 Å². The monoisotopic (exact) mass is 405 g/mol. The molecule has 0 atom stereocenters. The first-order chi connectivity index (χ1) is 13.6. The number of methoxy groups -OCH3 is 1. The zero-order valence-electron chi connectivity index (χ0n) is 14.9. The predicted molar refractivity (Wildman–Crippen MR) is 98.8 cm³/mol. The maximum Gasteiger partial charge on any atom is 0.416 e. The molecule has 0 aliphatic heterocycles. The molecule has 0 bridgehead atoms. The van der Waals surface area contributed by atoms with Crippen molar-refractivity contribution in [3.63, 3.8) is 0 Å². The van der Waals surface area contributed by atoms with Crippen LogP contribution in [0.3, 0.4) is 0 Å². The summed E-state index contributed by atoms with van der Waals surface area (Å²) in [6, 6.07) is 7.88. The Kier molecular flexibility index (Phi) is 4.79. The van der Waals surface area contributed by atoms with Gasteiger partial charge in [0.25, 0.3) is 5.56 Å². The topological polar surface area (TPSA) is 117 Å². The standard InChI is InChI=1S/C19H14F3N3O4/c1-29-18(28)14-15(23)12-7-4-10(19(20,21)22)8-13(12)25(17(14)27)11-5-2-9(3-6-11)16(24)26/h2-8H,23H2,1H3,(H2,24,26). The number of amides is 1. The number of nitrogens with two attached hydrogens (primary N) is 2. The number of aromatic nitrogens is 1. The molecule has 0 fully saturated rings. The Labute approximate surface area is 161 Å². The molecule has 3 aromatic rings. The maximum atomic E-state index is 13.2. The SMILES string of the molecule is COC(=O)c1c(N)c2ccc(C(F)(F)F)cc2n(-c2ccc(C(N)=O)cc2)c1=O. The van der Waals surface area contributed by atoms with Crippen molar-refractivity contribution in [1.82, 2.24) is 4.57 Å². The number of carbonyl (C=O) groups excluding carboxylic acids is 2. The molecule has 4 N–H and O–H groups in total. The van der Waals surface area contributed by atoms with Gasteiger partial charge >= 0.3 is 12.1 Å². The van der Waals surface area contributed by atoms with E-state index in [1.54, 1.807) is 0 Å². The molecule has 2 aromatic carbocycles. The molecule has 0 saturated carbocycles. The van der Waals surface area contributed by atoms with Crippen LogP contribution in [0.4, 0.5) is 18.9 Å². The van der Waals surface area contributed by atoms with E-state index < -0.39 is 34.7 Å². The summed E-state index contributed by atoms with van der Waals surface area (Å²) in [5.74, 6) is -1.75. The highest BCUT2D eigenvalue weighted by molar-refractivity contribution is 6.04. The number of nitrogen functional groups attached to an aromatic ring is 1. The minimum Gasteiger partial charge on any atom is -0.465 e. The molecule has 1 heterocycles. The number of ether oxygens (including phenoxy) is 1. The van der Waals surface area contributed by atoms with Gasteiger partial charge in [0.05, 0.1) is 23.9 Å². The molecular formula is C19H14F3N3O4. The van der Waals surface area contributed by atoms with E-state index in [1.165, 1.54) is 24.3 Å². The van der Waals surface area contributed by atoms with E-state index >= 15 is 0 Å². The number of halogens is 3. The molecule has 150 valence electrons. The Morgan fingerprint density at radius 2 is 1.69 bits per heavy atom. The molecule has 1 aromatic heterocycles. The second kappa shape index (κ2) is 6.97. The Balaban J connectivity index is 2.45. The van der Waals surface area contributed by atoms with Gasteiger partial charge in [0.2, 0.25) is 5.91 Å². The van der Waals surface area contributed by atoms with Crippen molar-refractivity contribution in [2.24, 2.45) is 5.73 Å². The number of hydrogen-bond acceptors (Lipinski definition) is 5. The number of esters is 1. The van der Waals surface area contributed by atoms with Crippen LogP contribution in [0, 0.1) is 0 Å². The van der Waals surface area contributed by atoms with Gasteiger partial charge < -0.3 is 16.2 Å². The number of carbonyl (C=O) groups is 2. The fourth-order valence-electron chi connectivity index (χ4n) is 2.92. The van der Waals surface area contributed by atoms with Gasteiger partial charge in [0, 0.05) is 16.6 Å². The van der Waals surface area contributed by atoms with Gasteiger partial charge in [-0.1, -0.05) is 6.07 Å². The van der Waals surface area contributed by atoms with E-state index in [-0.39, 0.29) is 27.8 Å². The van der Waals surface area contributed by atoms with E-state index in [2.05, 4.69) is 4.74 Å². The van der Waals surface area contributed by atoms with Crippen LogP contribution in [0.5, 0.6) is 0 Å².